The number of nitrogens with two attached hydrogens (primary N) is 1. The third kappa shape index (κ3) is 4.02. The first-order valence-corrected chi connectivity index (χ1v) is 6.12. The van der Waals surface area contributed by atoms with Crippen molar-refractivity contribution in [3.05, 3.63) is 33.3 Å². The van der Waals surface area contributed by atoms with Crippen LogP contribution in [0.5, 0.6) is 0 Å². The van der Waals surface area contributed by atoms with Gasteiger partial charge in [-0.05, 0) is 35.0 Å². The summed E-state index contributed by atoms with van der Waals surface area (Å²) in [6, 6.07) is 4.74. The fraction of sp³-hybridized carbons (Fsp3) is 0.273. The molecule has 0 fully saturated rings. The second-order valence-electron chi connectivity index (χ2n) is 3.65. The second kappa shape index (κ2) is 6.02. The highest BCUT2D eigenvalue weighted by atomic mass is 79.9. The van der Waals surface area contributed by atoms with Crippen molar-refractivity contribution in [1.82, 2.24) is 5.32 Å². The van der Waals surface area contributed by atoms with Gasteiger partial charge in [0, 0.05) is 16.9 Å². The Morgan fingerprint density at radius 1 is 1.53 bits per heavy atom. The largest absolute Gasteiger partial charge is 0.370 e. The maximum absolute atomic E-state index is 11.8. The smallest absolute Gasteiger partial charge is 0.253 e. The van der Waals surface area contributed by atoms with Crippen LogP contribution in [0.2, 0.25) is 5.02 Å². The minimum Gasteiger partial charge on any atom is -0.370 e. The predicted octanol–water partition coefficient (Wildman–Crippen LogP) is 2.10. The van der Waals surface area contributed by atoms with Crippen molar-refractivity contribution in [2.45, 2.75) is 19.4 Å². The summed E-state index contributed by atoms with van der Waals surface area (Å²) in [5, 5.41) is 2.99. The lowest BCUT2D eigenvalue weighted by atomic mass is 10.1. The molecule has 2 amide bonds. The number of benzene rings is 1. The summed E-state index contributed by atoms with van der Waals surface area (Å²) >= 11 is 9.21. The number of hydrogen-bond donors (Lipinski definition) is 2. The van der Waals surface area contributed by atoms with Crippen molar-refractivity contribution in [3.8, 4) is 0 Å². The number of primary amides is 1. The molecule has 0 aromatic heterocycles. The van der Waals surface area contributed by atoms with Gasteiger partial charge >= 0.3 is 0 Å². The summed E-state index contributed by atoms with van der Waals surface area (Å²) in [6.07, 6.45) is 0.0946. The van der Waals surface area contributed by atoms with Crippen LogP contribution in [-0.2, 0) is 4.79 Å². The molecule has 0 radical (unpaired) electrons. The van der Waals surface area contributed by atoms with Crippen molar-refractivity contribution in [3.63, 3.8) is 0 Å². The van der Waals surface area contributed by atoms with Gasteiger partial charge in [-0.3, -0.25) is 9.59 Å². The molecule has 1 atom stereocenters. The number of rotatable bonds is 4. The van der Waals surface area contributed by atoms with Gasteiger partial charge < -0.3 is 11.1 Å². The van der Waals surface area contributed by atoms with E-state index < -0.39 is 5.91 Å². The molecule has 3 N–H and O–H groups in total. The maximum Gasteiger partial charge on any atom is 0.253 e. The third-order valence-electron chi connectivity index (χ3n) is 2.08. The van der Waals surface area contributed by atoms with Gasteiger partial charge in [-0.2, -0.15) is 0 Å². The molecule has 0 heterocycles. The summed E-state index contributed by atoms with van der Waals surface area (Å²) < 4.78 is 0.648. The van der Waals surface area contributed by atoms with Gasteiger partial charge in [0.2, 0.25) is 5.91 Å². The van der Waals surface area contributed by atoms with Crippen molar-refractivity contribution in [1.29, 1.82) is 0 Å². The van der Waals surface area contributed by atoms with E-state index in [1.54, 1.807) is 25.1 Å². The van der Waals surface area contributed by atoms with E-state index in [1.165, 1.54) is 0 Å². The van der Waals surface area contributed by atoms with Gasteiger partial charge in [0.15, 0.2) is 0 Å². The van der Waals surface area contributed by atoms with E-state index in [1.807, 2.05) is 0 Å². The zero-order valence-corrected chi connectivity index (χ0v) is 11.5. The van der Waals surface area contributed by atoms with Gasteiger partial charge in [0.1, 0.15) is 0 Å². The first kappa shape index (κ1) is 14.0. The summed E-state index contributed by atoms with van der Waals surface area (Å²) in [5.41, 5.74) is 5.40. The Labute approximate surface area is 113 Å². The van der Waals surface area contributed by atoms with Crippen LogP contribution < -0.4 is 11.1 Å². The van der Waals surface area contributed by atoms with E-state index in [0.29, 0.717) is 15.1 Å². The van der Waals surface area contributed by atoms with Crippen LogP contribution in [0.3, 0.4) is 0 Å². The van der Waals surface area contributed by atoms with Gasteiger partial charge in [0.25, 0.3) is 5.91 Å². The molecule has 0 aliphatic heterocycles. The second-order valence-corrected chi connectivity index (χ2v) is 4.88. The number of hydrogen-bond acceptors (Lipinski definition) is 2. The van der Waals surface area contributed by atoms with Crippen molar-refractivity contribution in [2.24, 2.45) is 5.73 Å². The Balaban J connectivity index is 2.77. The molecule has 92 valence electrons. The Morgan fingerprint density at radius 2 is 2.18 bits per heavy atom. The average molecular weight is 320 g/mol. The summed E-state index contributed by atoms with van der Waals surface area (Å²) in [5.74, 6) is -0.789. The molecule has 1 aromatic carbocycles. The number of carbonyl (C=O) groups excluding carboxylic acids is 2. The lowest BCUT2D eigenvalue weighted by Gasteiger charge is -2.13. The molecule has 0 bridgehead atoms. The lowest BCUT2D eigenvalue weighted by Crippen LogP contribution is -2.35. The number of amides is 2. The van der Waals surface area contributed by atoms with Crippen LogP contribution in [-0.4, -0.2) is 17.9 Å². The number of nitrogens with one attached hydrogen (secondary N) is 1. The average Bonchev–Trinajstić information content (AvgIpc) is 2.20. The monoisotopic (exact) mass is 318 g/mol. The molecule has 6 heteroatoms. The molecule has 0 aliphatic rings. The molecular weight excluding hydrogens is 307 g/mol. The molecule has 0 saturated heterocycles. The highest BCUT2D eigenvalue weighted by molar-refractivity contribution is 9.10. The molecule has 1 aromatic rings. The first-order chi connectivity index (χ1) is 7.91. The zero-order chi connectivity index (χ0) is 13.0. The fourth-order valence-corrected chi connectivity index (χ4v) is 1.91. The van der Waals surface area contributed by atoms with Crippen LogP contribution in [0.15, 0.2) is 22.7 Å². The van der Waals surface area contributed by atoms with E-state index in [2.05, 4.69) is 21.2 Å². The van der Waals surface area contributed by atoms with Crippen molar-refractivity contribution >= 4 is 39.3 Å². The van der Waals surface area contributed by atoms with E-state index in [-0.39, 0.29) is 18.4 Å². The first-order valence-electron chi connectivity index (χ1n) is 4.95. The SMILES string of the molecule is CC(CC(N)=O)NC(=O)c1cccc(Br)c1Cl. The normalized spacial score (nSPS) is 11.9. The highest BCUT2D eigenvalue weighted by Gasteiger charge is 2.15. The number of carbonyl (C=O) groups is 2. The van der Waals surface area contributed by atoms with Crippen LogP contribution >= 0.6 is 27.5 Å². The van der Waals surface area contributed by atoms with Crippen LogP contribution in [0.25, 0.3) is 0 Å². The third-order valence-corrected chi connectivity index (χ3v) is 3.38. The topological polar surface area (TPSA) is 72.2 Å². The standard InChI is InChI=1S/C11H12BrClN2O2/c1-6(5-9(14)16)15-11(17)7-3-2-4-8(12)10(7)13/h2-4,6H,5H2,1H3,(H2,14,16)(H,15,17). The van der Waals surface area contributed by atoms with E-state index in [9.17, 15) is 9.59 Å². The van der Waals surface area contributed by atoms with Crippen molar-refractivity contribution in [2.75, 3.05) is 0 Å². The molecule has 0 aliphatic carbocycles. The molecule has 1 rings (SSSR count). The van der Waals surface area contributed by atoms with Crippen LogP contribution in [0.4, 0.5) is 0 Å². The minimum atomic E-state index is -0.460. The van der Waals surface area contributed by atoms with Gasteiger partial charge in [-0.15, -0.1) is 0 Å². The highest BCUT2D eigenvalue weighted by Crippen LogP contribution is 2.25. The Bertz CT molecular complexity index is 451. The van der Waals surface area contributed by atoms with E-state index in [4.69, 9.17) is 17.3 Å². The summed E-state index contributed by atoms with van der Waals surface area (Å²) in [6.45, 7) is 1.70. The maximum atomic E-state index is 11.8. The van der Waals surface area contributed by atoms with Gasteiger partial charge in [-0.1, -0.05) is 17.7 Å². The molecule has 4 nitrogen and oxygen atoms in total. The molecule has 0 saturated carbocycles. The van der Waals surface area contributed by atoms with Crippen LogP contribution in [0, 0.1) is 0 Å². The summed E-state index contributed by atoms with van der Waals surface area (Å²) in [4.78, 5) is 22.5. The van der Waals surface area contributed by atoms with Crippen molar-refractivity contribution < 1.29 is 9.59 Å². The van der Waals surface area contributed by atoms with E-state index in [0.717, 1.165) is 0 Å². The molecule has 0 spiro atoms. The molecule has 17 heavy (non-hydrogen) atoms. The predicted molar refractivity (Wildman–Crippen MR) is 69.9 cm³/mol. The van der Waals surface area contributed by atoms with Crippen LogP contribution in [0.1, 0.15) is 23.7 Å². The van der Waals surface area contributed by atoms with E-state index >= 15 is 0 Å². The Morgan fingerprint density at radius 3 is 2.76 bits per heavy atom. The molecular formula is C11H12BrClN2O2. The molecule has 1 unspecified atom stereocenters. The number of halogens is 2. The fourth-order valence-electron chi connectivity index (χ4n) is 1.33. The lowest BCUT2D eigenvalue weighted by molar-refractivity contribution is -0.118. The quantitative estimate of drug-likeness (QED) is 0.892. The Kier molecular flexibility index (Phi) is 4.96. The van der Waals surface area contributed by atoms with Gasteiger partial charge in [-0.25, -0.2) is 0 Å². The zero-order valence-electron chi connectivity index (χ0n) is 9.17. The summed E-state index contributed by atoms with van der Waals surface area (Å²) in [7, 11) is 0. The Hall–Kier alpha value is -1.07. The minimum absolute atomic E-state index is 0.0946. The van der Waals surface area contributed by atoms with Gasteiger partial charge in [0.05, 0.1) is 10.6 Å².